The largest absolute Gasteiger partial charge is 0.496 e. The minimum atomic E-state index is -0.621. The third-order valence-corrected chi connectivity index (χ3v) is 4.75. The quantitative estimate of drug-likeness (QED) is 0.445. The van der Waals surface area contributed by atoms with Crippen molar-refractivity contribution in [2.45, 2.75) is 38.3 Å². The van der Waals surface area contributed by atoms with Crippen molar-refractivity contribution in [3.05, 3.63) is 65.2 Å². The van der Waals surface area contributed by atoms with Gasteiger partial charge in [0.25, 0.3) is 5.91 Å². The number of ether oxygens (including phenoxy) is 2. The number of rotatable bonds is 12. The number of unbranched alkanes of at least 4 members (excludes halogenated alkanes) is 1. The predicted octanol–water partition coefficient (Wildman–Crippen LogP) is 2.33. The van der Waals surface area contributed by atoms with E-state index in [0.717, 1.165) is 5.56 Å². The molecule has 0 aliphatic carbocycles. The molecule has 8 nitrogen and oxygen atoms in total. The van der Waals surface area contributed by atoms with E-state index in [1.807, 2.05) is 30.3 Å². The van der Waals surface area contributed by atoms with Crippen LogP contribution in [0.25, 0.3) is 0 Å². The van der Waals surface area contributed by atoms with Crippen LogP contribution in [-0.2, 0) is 22.6 Å². The number of benzene rings is 2. The summed E-state index contributed by atoms with van der Waals surface area (Å²) < 4.78 is 10.2. The minimum absolute atomic E-state index is 0.107. The average Bonchev–Trinajstić information content (AvgIpc) is 2.77. The van der Waals surface area contributed by atoms with Crippen molar-refractivity contribution in [2.24, 2.45) is 11.5 Å². The molecule has 0 saturated carbocycles. The number of amides is 2. The van der Waals surface area contributed by atoms with Gasteiger partial charge < -0.3 is 26.3 Å². The first-order valence-electron chi connectivity index (χ1n) is 10.1. The maximum Gasteiger partial charge on any atom is 0.407 e. The number of carbonyl (C=O) groups excluding carboxylic acids is 3. The van der Waals surface area contributed by atoms with Crippen molar-refractivity contribution in [1.82, 2.24) is 5.32 Å². The van der Waals surface area contributed by atoms with Crippen molar-refractivity contribution in [3.8, 4) is 5.75 Å². The van der Waals surface area contributed by atoms with Gasteiger partial charge in [0.05, 0.1) is 18.7 Å². The molecule has 0 unspecified atom stereocenters. The smallest absolute Gasteiger partial charge is 0.407 e. The van der Waals surface area contributed by atoms with Gasteiger partial charge >= 0.3 is 6.09 Å². The summed E-state index contributed by atoms with van der Waals surface area (Å²) in [6.45, 7) is 0.657. The number of ketones is 1. The molecule has 8 heteroatoms. The number of methoxy groups -OCH3 is 1. The molecule has 2 amide bonds. The van der Waals surface area contributed by atoms with Gasteiger partial charge in [-0.05, 0) is 42.5 Å². The zero-order valence-electron chi connectivity index (χ0n) is 17.6. The average molecular weight is 428 g/mol. The first-order chi connectivity index (χ1) is 14.9. The molecule has 2 rings (SSSR count). The van der Waals surface area contributed by atoms with Crippen LogP contribution < -0.4 is 21.5 Å². The van der Waals surface area contributed by atoms with Gasteiger partial charge in [0.1, 0.15) is 12.4 Å². The Kier molecular flexibility index (Phi) is 9.51. The summed E-state index contributed by atoms with van der Waals surface area (Å²) in [5.41, 5.74) is 13.1. The highest BCUT2D eigenvalue weighted by Crippen LogP contribution is 2.20. The van der Waals surface area contributed by atoms with Crippen LogP contribution in [0.3, 0.4) is 0 Å². The number of alkyl carbamates (subject to hydrolysis) is 1. The fourth-order valence-corrected chi connectivity index (χ4v) is 3.00. The number of hydrogen-bond donors (Lipinski definition) is 3. The molecule has 5 N–H and O–H groups in total. The standard InChI is InChI=1S/C23H29N3O5/c1-30-21-11-10-17(13-18(21)22(25)28)14-20(27)19(24)9-5-6-12-26-23(29)31-15-16-7-3-2-4-8-16/h2-4,7-8,10-11,13,19H,5-6,9,12,14-15,24H2,1H3,(H2,25,28)(H,26,29)/t19-/m0/s1. The number of nitrogens with one attached hydrogen (secondary N) is 1. The summed E-state index contributed by atoms with van der Waals surface area (Å²) in [7, 11) is 1.44. The van der Waals surface area contributed by atoms with Crippen LogP contribution in [0.5, 0.6) is 5.75 Å². The number of carbonyl (C=O) groups is 3. The van der Waals surface area contributed by atoms with Crippen molar-refractivity contribution in [1.29, 1.82) is 0 Å². The molecule has 166 valence electrons. The van der Waals surface area contributed by atoms with Crippen LogP contribution in [0.2, 0.25) is 0 Å². The number of nitrogens with two attached hydrogens (primary N) is 2. The highest BCUT2D eigenvalue weighted by Gasteiger charge is 2.16. The normalized spacial score (nSPS) is 11.4. The molecule has 0 fully saturated rings. The van der Waals surface area contributed by atoms with Crippen LogP contribution in [0.4, 0.5) is 4.79 Å². The lowest BCUT2D eigenvalue weighted by molar-refractivity contribution is -0.119. The molecule has 0 aromatic heterocycles. The number of hydrogen-bond acceptors (Lipinski definition) is 6. The topological polar surface area (TPSA) is 134 Å². The second kappa shape index (κ2) is 12.3. The third kappa shape index (κ3) is 8.10. The Hall–Kier alpha value is -3.39. The van der Waals surface area contributed by atoms with E-state index >= 15 is 0 Å². The molecule has 1 atom stereocenters. The first-order valence-corrected chi connectivity index (χ1v) is 10.1. The summed E-state index contributed by atoms with van der Waals surface area (Å²) in [6.07, 6.45) is 1.49. The maximum atomic E-state index is 12.4. The lowest BCUT2D eigenvalue weighted by Gasteiger charge is -2.12. The van der Waals surface area contributed by atoms with E-state index in [0.29, 0.717) is 37.1 Å². The molecular formula is C23H29N3O5. The van der Waals surface area contributed by atoms with E-state index in [4.69, 9.17) is 20.9 Å². The van der Waals surface area contributed by atoms with Gasteiger partial charge in [-0.25, -0.2) is 4.79 Å². The molecule has 0 bridgehead atoms. The summed E-state index contributed by atoms with van der Waals surface area (Å²) in [4.78, 5) is 35.6. The zero-order valence-corrected chi connectivity index (χ0v) is 17.6. The zero-order chi connectivity index (χ0) is 22.6. The van der Waals surface area contributed by atoms with Crippen LogP contribution >= 0.6 is 0 Å². The second-order valence-corrected chi connectivity index (χ2v) is 7.13. The molecule has 0 heterocycles. The molecule has 31 heavy (non-hydrogen) atoms. The Labute approximate surface area is 181 Å². The predicted molar refractivity (Wildman–Crippen MR) is 117 cm³/mol. The van der Waals surface area contributed by atoms with E-state index < -0.39 is 18.0 Å². The molecule has 0 aliphatic rings. The van der Waals surface area contributed by atoms with Crippen LogP contribution in [0.1, 0.15) is 40.7 Å². The van der Waals surface area contributed by atoms with Crippen molar-refractivity contribution in [2.75, 3.05) is 13.7 Å². The van der Waals surface area contributed by atoms with Crippen molar-refractivity contribution >= 4 is 17.8 Å². The minimum Gasteiger partial charge on any atom is -0.496 e. The second-order valence-electron chi connectivity index (χ2n) is 7.13. The van der Waals surface area contributed by atoms with Gasteiger partial charge in [-0.3, -0.25) is 9.59 Å². The van der Waals surface area contributed by atoms with Crippen LogP contribution in [0, 0.1) is 0 Å². The van der Waals surface area contributed by atoms with Crippen molar-refractivity contribution in [3.63, 3.8) is 0 Å². The summed E-state index contributed by atoms with van der Waals surface area (Å²) in [5.74, 6) is -0.385. The summed E-state index contributed by atoms with van der Waals surface area (Å²) >= 11 is 0. The van der Waals surface area contributed by atoms with E-state index in [-0.39, 0.29) is 24.4 Å². The van der Waals surface area contributed by atoms with Crippen LogP contribution in [-0.4, -0.2) is 37.5 Å². The Morgan fingerprint density at radius 1 is 1.03 bits per heavy atom. The lowest BCUT2D eigenvalue weighted by atomic mass is 9.98. The number of primary amides is 1. The Morgan fingerprint density at radius 3 is 2.45 bits per heavy atom. The monoisotopic (exact) mass is 427 g/mol. The first kappa shape index (κ1) is 23.9. The van der Waals surface area contributed by atoms with E-state index in [2.05, 4.69) is 5.32 Å². The Morgan fingerprint density at radius 2 is 1.77 bits per heavy atom. The van der Waals surface area contributed by atoms with Gasteiger partial charge in [0.15, 0.2) is 5.78 Å². The lowest BCUT2D eigenvalue weighted by Crippen LogP contribution is -2.32. The Bertz CT molecular complexity index is 886. The highest BCUT2D eigenvalue weighted by molar-refractivity contribution is 5.96. The molecule has 2 aromatic carbocycles. The molecule has 2 aromatic rings. The molecule has 0 spiro atoms. The molecule has 0 saturated heterocycles. The summed E-state index contributed by atoms with van der Waals surface area (Å²) in [6, 6.07) is 13.7. The van der Waals surface area contributed by atoms with Crippen LogP contribution in [0.15, 0.2) is 48.5 Å². The van der Waals surface area contributed by atoms with E-state index in [1.54, 1.807) is 18.2 Å². The highest BCUT2D eigenvalue weighted by atomic mass is 16.5. The van der Waals surface area contributed by atoms with Gasteiger partial charge in [-0.1, -0.05) is 36.4 Å². The summed E-state index contributed by atoms with van der Waals surface area (Å²) in [5, 5.41) is 2.68. The van der Waals surface area contributed by atoms with Gasteiger partial charge in [-0.15, -0.1) is 0 Å². The molecule has 0 radical (unpaired) electrons. The van der Waals surface area contributed by atoms with Gasteiger partial charge in [0, 0.05) is 13.0 Å². The SMILES string of the molecule is COc1ccc(CC(=O)[C@@H](N)CCCCNC(=O)OCc2ccccc2)cc1C(N)=O. The third-order valence-electron chi connectivity index (χ3n) is 4.75. The Balaban J connectivity index is 1.66. The van der Waals surface area contributed by atoms with E-state index in [1.165, 1.54) is 7.11 Å². The number of Topliss-reactive ketones (excluding diaryl/α,β-unsaturated/α-hetero) is 1. The van der Waals surface area contributed by atoms with Crippen molar-refractivity contribution < 1.29 is 23.9 Å². The van der Waals surface area contributed by atoms with Gasteiger partial charge in [0.2, 0.25) is 0 Å². The van der Waals surface area contributed by atoms with E-state index in [9.17, 15) is 14.4 Å². The fourth-order valence-electron chi connectivity index (χ4n) is 3.00. The van der Waals surface area contributed by atoms with Gasteiger partial charge in [-0.2, -0.15) is 0 Å². The molecular weight excluding hydrogens is 398 g/mol. The maximum absolute atomic E-state index is 12.4. The molecule has 0 aliphatic heterocycles. The fraction of sp³-hybridized carbons (Fsp3) is 0.348.